The van der Waals surface area contributed by atoms with Gasteiger partial charge in [0, 0.05) is 25.7 Å². The lowest BCUT2D eigenvalue weighted by atomic mass is 10.2. The Balaban J connectivity index is 2.43. The Morgan fingerprint density at radius 2 is 2.50 bits per heavy atom. The molecular weight excluding hydrogens is 178 g/mol. The van der Waals surface area contributed by atoms with Crippen molar-refractivity contribution >= 4 is 17.4 Å². The number of anilines is 2. The van der Waals surface area contributed by atoms with E-state index < -0.39 is 0 Å². The van der Waals surface area contributed by atoms with E-state index in [2.05, 4.69) is 10.3 Å². The van der Waals surface area contributed by atoms with Crippen molar-refractivity contribution in [1.82, 2.24) is 4.98 Å². The first kappa shape index (κ1) is 8.99. The summed E-state index contributed by atoms with van der Waals surface area (Å²) >= 11 is 0. The van der Waals surface area contributed by atoms with Gasteiger partial charge in [-0.05, 0) is 19.1 Å². The molecule has 0 aromatic carbocycles. The first-order valence-corrected chi connectivity index (χ1v) is 4.68. The third kappa shape index (κ3) is 1.43. The number of carbonyl (C=O) groups is 1. The summed E-state index contributed by atoms with van der Waals surface area (Å²) in [5, 5.41) is 3.24. The molecule has 1 aliphatic rings. The van der Waals surface area contributed by atoms with E-state index in [1.165, 1.54) is 0 Å². The monoisotopic (exact) mass is 191 g/mol. The van der Waals surface area contributed by atoms with Crippen LogP contribution < -0.4 is 10.2 Å². The van der Waals surface area contributed by atoms with Gasteiger partial charge >= 0.3 is 0 Å². The zero-order valence-electron chi connectivity index (χ0n) is 8.32. The van der Waals surface area contributed by atoms with Gasteiger partial charge in [0.25, 0.3) is 0 Å². The molecule has 4 heteroatoms. The molecule has 2 heterocycles. The molecule has 0 saturated heterocycles. The SMILES string of the molecule is CC(=O)N1C[C@H](C)Nc2ncccc21. The molecular formula is C10H13N3O. The summed E-state index contributed by atoms with van der Waals surface area (Å²) in [4.78, 5) is 17.3. The van der Waals surface area contributed by atoms with E-state index in [1.54, 1.807) is 18.0 Å². The van der Waals surface area contributed by atoms with Crippen molar-refractivity contribution in [2.24, 2.45) is 0 Å². The van der Waals surface area contributed by atoms with Crippen LogP contribution in [0.5, 0.6) is 0 Å². The molecule has 14 heavy (non-hydrogen) atoms. The highest BCUT2D eigenvalue weighted by Gasteiger charge is 2.23. The average molecular weight is 191 g/mol. The van der Waals surface area contributed by atoms with Gasteiger partial charge in [-0.25, -0.2) is 4.98 Å². The highest BCUT2D eigenvalue weighted by molar-refractivity contribution is 5.95. The van der Waals surface area contributed by atoms with Crippen molar-refractivity contribution in [3.05, 3.63) is 18.3 Å². The molecule has 4 nitrogen and oxygen atoms in total. The minimum Gasteiger partial charge on any atom is -0.364 e. The lowest BCUT2D eigenvalue weighted by Crippen LogP contribution is -2.42. The Morgan fingerprint density at radius 3 is 3.21 bits per heavy atom. The predicted octanol–water partition coefficient (Wildman–Crippen LogP) is 1.25. The number of nitrogens with one attached hydrogen (secondary N) is 1. The lowest BCUT2D eigenvalue weighted by molar-refractivity contribution is -0.116. The van der Waals surface area contributed by atoms with Crippen LogP contribution in [0.2, 0.25) is 0 Å². The fourth-order valence-electron chi connectivity index (χ4n) is 1.68. The van der Waals surface area contributed by atoms with Gasteiger partial charge in [-0.15, -0.1) is 0 Å². The third-order valence-corrected chi connectivity index (χ3v) is 2.30. The first-order chi connectivity index (χ1) is 6.68. The van der Waals surface area contributed by atoms with Crippen LogP contribution in [0.3, 0.4) is 0 Å². The van der Waals surface area contributed by atoms with E-state index in [4.69, 9.17) is 0 Å². The Kier molecular flexibility index (Phi) is 2.11. The standard InChI is InChI=1S/C10H13N3O/c1-7-6-13(8(2)14)9-4-3-5-11-10(9)12-7/h3-5,7H,6H2,1-2H3,(H,11,12)/t7-/m0/s1. The minimum absolute atomic E-state index is 0.0626. The van der Waals surface area contributed by atoms with E-state index in [-0.39, 0.29) is 11.9 Å². The lowest BCUT2D eigenvalue weighted by Gasteiger charge is -2.32. The molecule has 74 valence electrons. The second kappa shape index (κ2) is 3.29. The van der Waals surface area contributed by atoms with Gasteiger partial charge in [0.1, 0.15) is 5.82 Å². The second-order valence-corrected chi connectivity index (χ2v) is 3.55. The maximum Gasteiger partial charge on any atom is 0.224 e. The summed E-state index contributed by atoms with van der Waals surface area (Å²) in [6.45, 7) is 4.32. The number of rotatable bonds is 0. The van der Waals surface area contributed by atoms with Gasteiger partial charge in [0.05, 0.1) is 5.69 Å². The van der Waals surface area contributed by atoms with Crippen LogP contribution in [0.4, 0.5) is 11.5 Å². The van der Waals surface area contributed by atoms with Crippen LogP contribution in [0.1, 0.15) is 13.8 Å². The molecule has 1 aromatic rings. The number of hydrogen-bond acceptors (Lipinski definition) is 3. The van der Waals surface area contributed by atoms with E-state index in [0.717, 1.165) is 11.5 Å². The highest BCUT2D eigenvalue weighted by Crippen LogP contribution is 2.27. The summed E-state index contributed by atoms with van der Waals surface area (Å²) in [6, 6.07) is 4.00. The average Bonchev–Trinajstić information content (AvgIpc) is 2.16. The number of carbonyl (C=O) groups excluding carboxylic acids is 1. The molecule has 0 spiro atoms. The van der Waals surface area contributed by atoms with Gasteiger partial charge in [-0.3, -0.25) is 4.79 Å². The smallest absolute Gasteiger partial charge is 0.224 e. The zero-order valence-corrected chi connectivity index (χ0v) is 8.32. The second-order valence-electron chi connectivity index (χ2n) is 3.55. The summed E-state index contributed by atoms with van der Waals surface area (Å²) < 4.78 is 0. The molecule has 0 radical (unpaired) electrons. The topological polar surface area (TPSA) is 45.2 Å². The summed E-state index contributed by atoms with van der Waals surface area (Å²) in [6.07, 6.45) is 1.72. The normalized spacial score (nSPS) is 19.9. The van der Waals surface area contributed by atoms with Crippen LogP contribution in [-0.2, 0) is 4.79 Å². The molecule has 2 rings (SSSR count). The minimum atomic E-state index is 0.0626. The number of pyridine rings is 1. The van der Waals surface area contributed by atoms with Crippen molar-refractivity contribution in [2.75, 3.05) is 16.8 Å². The highest BCUT2D eigenvalue weighted by atomic mass is 16.2. The van der Waals surface area contributed by atoms with E-state index in [1.807, 2.05) is 19.1 Å². The summed E-state index contributed by atoms with van der Waals surface area (Å²) in [7, 11) is 0. The van der Waals surface area contributed by atoms with Crippen LogP contribution >= 0.6 is 0 Å². The summed E-state index contributed by atoms with van der Waals surface area (Å²) in [5.74, 6) is 0.856. The van der Waals surface area contributed by atoms with Crippen LogP contribution in [0.25, 0.3) is 0 Å². The Labute approximate surface area is 82.9 Å². The van der Waals surface area contributed by atoms with Gasteiger partial charge < -0.3 is 10.2 Å². The van der Waals surface area contributed by atoms with Gasteiger partial charge in [0.2, 0.25) is 5.91 Å². The molecule has 1 amide bonds. The Bertz CT molecular complexity index is 364. The number of fused-ring (bicyclic) bond motifs is 1. The first-order valence-electron chi connectivity index (χ1n) is 4.68. The molecule has 1 aliphatic heterocycles. The molecule has 1 aromatic heterocycles. The number of aromatic nitrogens is 1. The van der Waals surface area contributed by atoms with E-state index in [9.17, 15) is 4.79 Å². The fourth-order valence-corrected chi connectivity index (χ4v) is 1.68. The quantitative estimate of drug-likeness (QED) is 0.671. The van der Waals surface area contributed by atoms with Crippen LogP contribution in [-0.4, -0.2) is 23.5 Å². The maximum atomic E-state index is 11.4. The maximum absolute atomic E-state index is 11.4. The van der Waals surface area contributed by atoms with Gasteiger partial charge in [-0.1, -0.05) is 0 Å². The van der Waals surface area contributed by atoms with Gasteiger partial charge in [-0.2, -0.15) is 0 Å². The van der Waals surface area contributed by atoms with Crippen molar-refractivity contribution < 1.29 is 4.79 Å². The molecule has 0 unspecified atom stereocenters. The number of nitrogens with zero attached hydrogens (tertiary/aromatic N) is 2. The molecule has 0 fully saturated rings. The van der Waals surface area contributed by atoms with Crippen molar-refractivity contribution in [1.29, 1.82) is 0 Å². The molecule has 1 atom stereocenters. The molecule has 0 bridgehead atoms. The third-order valence-electron chi connectivity index (χ3n) is 2.30. The van der Waals surface area contributed by atoms with Crippen molar-refractivity contribution in [2.45, 2.75) is 19.9 Å². The Hall–Kier alpha value is -1.58. The van der Waals surface area contributed by atoms with E-state index >= 15 is 0 Å². The molecule has 0 saturated carbocycles. The van der Waals surface area contributed by atoms with Crippen LogP contribution in [0.15, 0.2) is 18.3 Å². The summed E-state index contributed by atoms with van der Waals surface area (Å²) in [5.41, 5.74) is 0.873. The van der Waals surface area contributed by atoms with Crippen LogP contribution in [0, 0.1) is 0 Å². The zero-order chi connectivity index (χ0) is 10.1. The number of hydrogen-bond donors (Lipinski definition) is 1. The fraction of sp³-hybridized carbons (Fsp3) is 0.400. The largest absolute Gasteiger partial charge is 0.364 e. The molecule has 1 N–H and O–H groups in total. The van der Waals surface area contributed by atoms with E-state index in [0.29, 0.717) is 6.54 Å². The number of amides is 1. The van der Waals surface area contributed by atoms with Crippen molar-refractivity contribution in [3.63, 3.8) is 0 Å². The Morgan fingerprint density at radius 1 is 1.71 bits per heavy atom. The van der Waals surface area contributed by atoms with Crippen molar-refractivity contribution in [3.8, 4) is 0 Å². The van der Waals surface area contributed by atoms with Gasteiger partial charge in [0.15, 0.2) is 0 Å². The molecule has 0 aliphatic carbocycles. The predicted molar refractivity (Wildman–Crippen MR) is 55.3 cm³/mol.